The lowest BCUT2D eigenvalue weighted by molar-refractivity contribution is 0.142. The Bertz CT molecular complexity index is 700. The highest BCUT2D eigenvalue weighted by molar-refractivity contribution is 7.15. The zero-order valence-electron chi connectivity index (χ0n) is 16.7. The highest BCUT2D eigenvalue weighted by Crippen LogP contribution is 2.23. The van der Waals surface area contributed by atoms with Crippen LogP contribution in [0.25, 0.3) is 0 Å². The Labute approximate surface area is 172 Å². The van der Waals surface area contributed by atoms with Gasteiger partial charge in [-0.2, -0.15) is 0 Å². The van der Waals surface area contributed by atoms with Crippen LogP contribution in [-0.4, -0.2) is 62.1 Å². The van der Waals surface area contributed by atoms with Gasteiger partial charge < -0.3 is 14.7 Å². The van der Waals surface area contributed by atoms with Gasteiger partial charge in [-0.25, -0.2) is 4.98 Å². The SMILES string of the molecule is CN(Cc1cnc(N(C)C)s1)CC1CCCN(CCc2ccc(Cl)cc2)C1. The maximum Gasteiger partial charge on any atom is 0.185 e. The van der Waals surface area contributed by atoms with Gasteiger partial charge in [0, 0.05) is 56.4 Å². The largest absolute Gasteiger partial charge is 0.354 e. The molecular formula is C21H31ClN4S. The monoisotopic (exact) mass is 406 g/mol. The molecule has 1 saturated heterocycles. The van der Waals surface area contributed by atoms with Crippen molar-refractivity contribution in [3.05, 3.63) is 45.9 Å². The van der Waals surface area contributed by atoms with Gasteiger partial charge in [0.25, 0.3) is 0 Å². The molecule has 27 heavy (non-hydrogen) atoms. The van der Waals surface area contributed by atoms with Crippen LogP contribution in [0.3, 0.4) is 0 Å². The zero-order chi connectivity index (χ0) is 19.2. The number of piperidine rings is 1. The van der Waals surface area contributed by atoms with Crippen LogP contribution in [0.1, 0.15) is 23.3 Å². The molecular weight excluding hydrogens is 376 g/mol. The quantitative estimate of drug-likeness (QED) is 0.653. The zero-order valence-corrected chi connectivity index (χ0v) is 18.3. The van der Waals surface area contributed by atoms with Crippen molar-refractivity contribution in [2.24, 2.45) is 5.92 Å². The summed E-state index contributed by atoms with van der Waals surface area (Å²) < 4.78 is 0. The maximum absolute atomic E-state index is 5.98. The number of likely N-dealkylation sites (tertiary alicyclic amines) is 1. The van der Waals surface area contributed by atoms with E-state index < -0.39 is 0 Å². The van der Waals surface area contributed by atoms with Gasteiger partial charge >= 0.3 is 0 Å². The molecule has 0 aliphatic carbocycles. The summed E-state index contributed by atoms with van der Waals surface area (Å²) in [7, 11) is 6.33. The molecule has 1 fully saturated rings. The standard InChI is InChI=1S/C21H31ClN4S/c1-24(2)21-23-13-20(27-21)16-25(3)14-18-5-4-11-26(15-18)12-10-17-6-8-19(22)9-7-17/h6-9,13,18H,4-5,10-12,14-16H2,1-3H3. The molecule has 1 aliphatic rings. The van der Waals surface area contributed by atoms with E-state index >= 15 is 0 Å². The molecule has 0 N–H and O–H groups in total. The second-order valence-corrected chi connectivity index (χ2v) is 9.42. The molecule has 4 nitrogen and oxygen atoms in total. The van der Waals surface area contributed by atoms with E-state index in [0.717, 1.165) is 42.1 Å². The molecule has 1 aromatic heterocycles. The highest BCUT2D eigenvalue weighted by Gasteiger charge is 2.21. The van der Waals surface area contributed by atoms with E-state index in [1.165, 1.54) is 36.4 Å². The molecule has 0 radical (unpaired) electrons. The predicted octanol–water partition coefficient (Wildman–Crippen LogP) is 4.25. The molecule has 0 bridgehead atoms. The van der Waals surface area contributed by atoms with Crippen molar-refractivity contribution in [2.45, 2.75) is 25.8 Å². The predicted molar refractivity (Wildman–Crippen MR) is 117 cm³/mol. The second-order valence-electron chi connectivity index (χ2n) is 7.89. The molecule has 2 aromatic rings. The normalized spacial score (nSPS) is 18.2. The molecule has 3 rings (SSSR count). The van der Waals surface area contributed by atoms with Crippen molar-refractivity contribution in [1.82, 2.24) is 14.8 Å². The van der Waals surface area contributed by atoms with Crippen LogP contribution in [-0.2, 0) is 13.0 Å². The number of nitrogens with zero attached hydrogens (tertiary/aromatic N) is 4. The fourth-order valence-corrected chi connectivity index (χ4v) is 4.83. The molecule has 0 saturated carbocycles. The first kappa shape index (κ1) is 20.6. The number of aromatic nitrogens is 1. The number of anilines is 1. The summed E-state index contributed by atoms with van der Waals surface area (Å²) in [6.45, 7) is 5.74. The first-order chi connectivity index (χ1) is 13.0. The smallest absolute Gasteiger partial charge is 0.185 e. The minimum atomic E-state index is 0.759. The van der Waals surface area contributed by atoms with Crippen LogP contribution in [0.15, 0.2) is 30.5 Å². The van der Waals surface area contributed by atoms with Crippen molar-refractivity contribution < 1.29 is 0 Å². The van der Waals surface area contributed by atoms with Gasteiger partial charge in [0.05, 0.1) is 0 Å². The summed E-state index contributed by atoms with van der Waals surface area (Å²) in [6.07, 6.45) is 5.78. The van der Waals surface area contributed by atoms with E-state index in [4.69, 9.17) is 11.6 Å². The molecule has 0 amide bonds. The number of benzene rings is 1. The van der Waals surface area contributed by atoms with Gasteiger partial charge in [-0.1, -0.05) is 23.7 Å². The van der Waals surface area contributed by atoms with Gasteiger partial charge in [-0.15, -0.1) is 11.3 Å². The van der Waals surface area contributed by atoms with Gasteiger partial charge in [-0.3, -0.25) is 0 Å². The Hall–Kier alpha value is -1.14. The molecule has 148 valence electrons. The van der Waals surface area contributed by atoms with Crippen LogP contribution in [0, 0.1) is 5.92 Å². The van der Waals surface area contributed by atoms with E-state index in [-0.39, 0.29) is 0 Å². The van der Waals surface area contributed by atoms with E-state index in [1.807, 2.05) is 32.4 Å². The van der Waals surface area contributed by atoms with Crippen LogP contribution < -0.4 is 4.90 Å². The van der Waals surface area contributed by atoms with Crippen LogP contribution in [0.4, 0.5) is 5.13 Å². The van der Waals surface area contributed by atoms with E-state index in [9.17, 15) is 0 Å². The third kappa shape index (κ3) is 6.46. The van der Waals surface area contributed by atoms with Gasteiger partial charge in [0.1, 0.15) is 0 Å². The first-order valence-corrected chi connectivity index (χ1v) is 11.0. The number of hydrogen-bond acceptors (Lipinski definition) is 5. The molecule has 1 atom stereocenters. The van der Waals surface area contributed by atoms with Gasteiger partial charge in [0.2, 0.25) is 0 Å². The Kier molecular flexibility index (Phi) is 7.53. The summed E-state index contributed by atoms with van der Waals surface area (Å²) >= 11 is 7.77. The summed E-state index contributed by atoms with van der Waals surface area (Å²) in [6, 6.07) is 8.28. The maximum atomic E-state index is 5.98. The van der Waals surface area contributed by atoms with Crippen molar-refractivity contribution in [3.8, 4) is 0 Å². The summed E-state index contributed by atoms with van der Waals surface area (Å²) in [5.41, 5.74) is 1.38. The second kappa shape index (κ2) is 9.87. The van der Waals surface area contributed by atoms with Crippen molar-refractivity contribution in [2.75, 3.05) is 52.2 Å². The average molecular weight is 407 g/mol. The van der Waals surface area contributed by atoms with Gasteiger partial charge in [0.15, 0.2) is 5.13 Å². The van der Waals surface area contributed by atoms with Gasteiger partial charge in [-0.05, 0) is 56.5 Å². The minimum Gasteiger partial charge on any atom is -0.354 e. The minimum absolute atomic E-state index is 0.759. The summed E-state index contributed by atoms with van der Waals surface area (Å²) in [5, 5.41) is 1.91. The van der Waals surface area contributed by atoms with Crippen LogP contribution in [0.2, 0.25) is 5.02 Å². The molecule has 1 aliphatic heterocycles. The third-order valence-electron chi connectivity index (χ3n) is 5.15. The first-order valence-electron chi connectivity index (χ1n) is 9.77. The van der Waals surface area contributed by atoms with E-state index in [0.29, 0.717) is 0 Å². The fraction of sp³-hybridized carbons (Fsp3) is 0.571. The van der Waals surface area contributed by atoms with Crippen molar-refractivity contribution in [3.63, 3.8) is 0 Å². The average Bonchev–Trinajstić information content (AvgIpc) is 3.10. The molecule has 6 heteroatoms. The molecule has 2 heterocycles. The Morgan fingerprint density at radius 1 is 1.22 bits per heavy atom. The fourth-order valence-electron chi connectivity index (χ4n) is 3.79. The topological polar surface area (TPSA) is 22.6 Å². The molecule has 1 aromatic carbocycles. The van der Waals surface area contributed by atoms with E-state index in [2.05, 4.69) is 38.9 Å². The highest BCUT2D eigenvalue weighted by atomic mass is 35.5. The number of rotatable bonds is 8. The molecule has 0 spiro atoms. The molecule has 1 unspecified atom stereocenters. The lowest BCUT2D eigenvalue weighted by Crippen LogP contribution is -2.40. The van der Waals surface area contributed by atoms with Crippen LogP contribution in [0.5, 0.6) is 0 Å². The van der Waals surface area contributed by atoms with Crippen molar-refractivity contribution in [1.29, 1.82) is 0 Å². The Morgan fingerprint density at radius 3 is 2.70 bits per heavy atom. The Balaban J connectivity index is 1.43. The summed E-state index contributed by atoms with van der Waals surface area (Å²) in [4.78, 5) is 13.0. The van der Waals surface area contributed by atoms with Crippen molar-refractivity contribution >= 4 is 28.1 Å². The summed E-state index contributed by atoms with van der Waals surface area (Å²) in [5.74, 6) is 0.759. The number of hydrogen-bond donors (Lipinski definition) is 0. The Morgan fingerprint density at radius 2 is 2.00 bits per heavy atom. The van der Waals surface area contributed by atoms with Crippen LogP contribution >= 0.6 is 22.9 Å². The lowest BCUT2D eigenvalue weighted by Gasteiger charge is -2.34. The third-order valence-corrected chi connectivity index (χ3v) is 6.55. The number of thiazole rings is 1. The number of halogens is 1. The van der Waals surface area contributed by atoms with E-state index in [1.54, 1.807) is 11.3 Å². The lowest BCUT2D eigenvalue weighted by atomic mass is 9.97.